The molecule has 0 N–H and O–H groups in total. The van der Waals surface area contributed by atoms with E-state index in [1.165, 1.54) is 67.4 Å². The van der Waals surface area contributed by atoms with E-state index in [9.17, 15) is 10.1 Å². The van der Waals surface area contributed by atoms with Crippen LogP contribution in [0.5, 0.6) is 5.06 Å². The van der Waals surface area contributed by atoms with Crippen LogP contribution in [0.25, 0.3) is 100 Å². The van der Waals surface area contributed by atoms with Crippen molar-refractivity contribution in [2.75, 3.05) is 7.11 Å². The van der Waals surface area contributed by atoms with Crippen LogP contribution in [0.3, 0.4) is 0 Å². The number of aromatic nitrogens is 6. The van der Waals surface area contributed by atoms with Crippen molar-refractivity contribution < 1.29 is 9.53 Å². The molecule has 12 rings (SSSR count). The van der Waals surface area contributed by atoms with E-state index in [4.69, 9.17) is 16.6 Å². The third-order valence-corrected chi connectivity index (χ3v) is 21.0. The molecule has 0 saturated carbocycles. The van der Waals surface area contributed by atoms with Crippen molar-refractivity contribution in [2.45, 2.75) is 41.5 Å². The zero-order valence-corrected chi connectivity index (χ0v) is 48.1. The Hall–Kier alpha value is -7.26. The van der Waals surface area contributed by atoms with Gasteiger partial charge in [-0.2, -0.15) is 36.8 Å². The normalized spacial score (nSPS) is 11.3. The number of methoxy groups -OCH3 is 1. The van der Waals surface area contributed by atoms with Crippen LogP contribution in [0.1, 0.15) is 65.8 Å². The number of rotatable bonds is 11. The highest BCUT2D eigenvalue weighted by Gasteiger charge is 2.18. The van der Waals surface area contributed by atoms with E-state index < -0.39 is 0 Å². The van der Waals surface area contributed by atoms with E-state index in [0.717, 1.165) is 105 Å². The number of hydrogen-bond donors (Lipinski definition) is 0. The van der Waals surface area contributed by atoms with Crippen molar-refractivity contribution in [3.8, 4) is 56.2 Å². The second-order valence-corrected chi connectivity index (χ2v) is 24.8. The van der Waals surface area contributed by atoms with Gasteiger partial charge in [0.1, 0.15) is 33.1 Å². The first kappa shape index (κ1) is 54.5. The first-order chi connectivity index (χ1) is 37.0. The first-order valence-corrected chi connectivity index (χ1v) is 30.0. The summed E-state index contributed by atoms with van der Waals surface area (Å²) in [5.74, 6) is 0. The van der Waals surface area contributed by atoms with E-state index in [0.29, 0.717) is 17.7 Å². The van der Waals surface area contributed by atoms with Crippen LogP contribution in [0.2, 0.25) is 0 Å². The Morgan fingerprint density at radius 3 is 1.52 bits per heavy atom. The maximum atomic E-state index is 10.9. The minimum absolute atomic E-state index is 0. The smallest absolute Gasteiger partial charge is 0.197 e. The molecule has 3 aromatic carbocycles. The Kier molecular flexibility index (Phi) is 17.3. The predicted molar refractivity (Wildman–Crippen MR) is 329 cm³/mol. The Morgan fingerprint density at radius 2 is 1.03 bits per heavy atom. The zero-order chi connectivity index (χ0) is 52.9. The molecule has 0 atom stereocenters. The highest BCUT2D eigenvalue weighted by Crippen LogP contribution is 2.46. The summed E-state index contributed by atoms with van der Waals surface area (Å²) < 4.78 is 31.0. The molecule has 0 radical (unpaired) electrons. The fourth-order valence-electron chi connectivity index (χ4n) is 8.16. The average Bonchev–Trinajstić information content (AvgIpc) is 4.29. The highest BCUT2D eigenvalue weighted by atomic mass is 32.1. The topological polar surface area (TPSA) is 156 Å². The van der Waals surface area contributed by atoms with Crippen molar-refractivity contribution in [1.82, 2.24) is 26.2 Å². The molecule has 0 saturated heterocycles. The maximum absolute atomic E-state index is 10.9. The van der Waals surface area contributed by atoms with E-state index >= 15 is 0 Å². The van der Waals surface area contributed by atoms with E-state index in [1.807, 2.05) is 72.8 Å². The third-order valence-electron chi connectivity index (χ3n) is 11.7. The molecule has 0 fully saturated rings. The Labute approximate surface area is 481 Å². The lowest BCUT2D eigenvalue weighted by molar-refractivity contribution is 0.112. The molecule has 0 amide bonds. The molecule has 9 aromatic heterocycles. The van der Waals surface area contributed by atoms with E-state index in [-0.39, 0.29) is 7.43 Å². The molecular formula is C57H41N9O2S9. The fraction of sp³-hybridized carbons (Fsp3) is 0.123. The SMILES string of the molecule is C.COc1cc(C)c(-c2ccc(-c3sc(C=O)cc3C)s2)s1.N#CCc1cccc2nsnc12.[C-]#[N+]/C(=C\c1cc(C)c(-c2ccc(-c3sc(/C=C(\C#N)c4cccc5nsnc45)cc3C)s2)s1)c1cccc2nsnc12. The number of thiophene rings is 6. The van der Waals surface area contributed by atoms with Gasteiger partial charge in [0, 0.05) is 55.0 Å². The summed E-state index contributed by atoms with van der Waals surface area (Å²) in [6.07, 6.45) is 5.23. The molecule has 20 heteroatoms. The molecule has 9 heterocycles. The van der Waals surface area contributed by atoms with Gasteiger partial charge in [0.2, 0.25) is 0 Å². The van der Waals surface area contributed by atoms with E-state index in [2.05, 4.69) is 113 Å². The lowest BCUT2D eigenvalue weighted by Crippen LogP contribution is -1.84. The summed E-state index contributed by atoms with van der Waals surface area (Å²) in [4.78, 5) is 27.3. The fourth-order valence-corrected chi connectivity index (χ4v) is 16.7. The van der Waals surface area contributed by atoms with Gasteiger partial charge in [0.25, 0.3) is 0 Å². The number of carbonyl (C=O) groups is 1. The molecule has 380 valence electrons. The van der Waals surface area contributed by atoms with Gasteiger partial charge >= 0.3 is 0 Å². The summed E-state index contributed by atoms with van der Waals surface area (Å²) in [6.45, 7) is 16.2. The molecule has 0 aliphatic heterocycles. The number of benzene rings is 3. The average molecular weight is 1170 g/mol. The van der Waals surface area contributed by atoms with Crippen molar-refractivity contribution in [3.63, 3.8) is 0 Å². The quantitative estimate of drug-likeness (QED) is 0.0694. The number of fused-ring (bicyclic) bond motifs is 3. The van der Waals surface area contributed by atoms with Gasteiger partial charge in [0.15, 0.2) is 17.0 Å². The Balaban J connectivity index is 0.000000174. The summed E-state index contributed by atoms with van der Waals surface area (Å²) >= 11 is 13.6. The molecule has 77 heavy (non-hydrogen) atoms. The predicted octanol–water partition coefficient (Wildman–Crippen LogP) is 18.3. The van der Waals surface area contributed by atoms with Crippen molar-refractivity contribution >= 4 is 166 Å². The van der Waals surface area contributed by atoms with Gasteiger partial charge in [-0.25, -0.2) is 4.85 Å². The second kappa shape index (κ2) is 24.4. The van der Waals surface area contributed by atoms with Gasteiger partial charge in [-0.1, -0.05) is 55.2 Å². The monoisotopic (exact) mass is 1170 g/mol. The molecule has 0 aliphatic carbocycles. The van der Waals surface area contributed by atoms with Gasteiger partial charge in [-0.15, -0.1) is 56.7 Å². The van der Waals surface area contributed by atoms with Crippen LogP contribution in [-0.2, 0) is 6.42 Å². The van der Waals surface area contributed by atoms with Crippen LogP contribution in [0, 0.1) is 56.9 Å². The van der Waals surface area contributed by atoms with Crippen LogP contribution >= 0.6 is 103 Å². The van der Waals surface area contributed by atoms with Gasteiger partial charge in [-0.3, -0.25) is 4.79 Å². The molecule has 0 unspecified atom stereocenters. The summed E-state index contributed by atoms with van der Waals surface area (Å²) in [5.41, 5.74) is 13.4. The number of carbonyl (C=O) groups excluding carboxylic acids is 1. The lowest BCUT2D eigenvalue weighted by Gasteiger charge is -1.99. The minimum Gasteiger partial charge on any atom is -0.487 e. The number of hydrogen-bond acceptors (Lipinski definition) is 19. The van der Waals surface area contributed by atoms with Gasteiger partial charge in [-0.05, 0) is 134 Å². The number of allylic oxidation sites excluding steroid dienone is 1. The molecule has 12 aromatic rings. The Morgan fingerprint density at radius 1 is 0.571 bits per heavy atom. The van der Waals surface area contributed by atoms with Crippen molar-refractivity contribution in [2.24, 2.45) is 0 Å². The maximum Gasteiger partial charge on any atom is 0.197 e. The number of nitrogens with zero attached hydrogens (tertiary/aromatic N) is 9. The molecular weight excluding hydrogens is 1130 g/mol. The number of nitriles is 2. The van der Waals surface area contributed by atoms with Crippen LogP contribution in [0.15, 0.2) is 103 Å². The summed E-state index contributed by atoms with van der Waals surface area (Å²) in [5, 5.41) is 19.4. The number of aldehydes is 1. The molecule has 0 spiro atoms. The Bertz CT molecular complexity index is 4140. The van der Waals surface area contributed by atoms with E-state index in [1.54, 1.807) is 75.1 Å². The minimum atomic E-state index is 0. The lowest BCUT2D eigenvalue weighted by atomic mass is 10.0. The second-order valence-electron chi connectivity index (χ2n) is 16.8. The van der Waals surface area contributed by atoms with Crippen LogP contribution < -0.4 is 4.74 Å². The van der Waals surface area contributed by atoms with Crippen LogP contribution in [-0.4, -0.2) is 39.6 Å². The number of aryl methyl sites for hydroxylation is 4. The van der Waals surface area contributed by atoms with Gasteiger partial charge in [0.05, 0.1) is 82.8 Å². The summed E-state index contributed by atoms with van der Waals surface area (Å²) in [6, 6.07) is 38.7. The number of ether oxygens (including phenoxy) is 1. The third kappa shape index (κ3) is 11.7. The van der Waals surface area contributed by atoms with Crippen LogP contribution in [0.4, 0.5) is 0 Å². The highest BCUT2D eigenvalue weighted by molar-refractivity contribution is 7.28. The summed E-state index contributed by atoms with van der Waals surface area (Å²) in [7, 11) is 1.70. The zero-order valence-electron chi connectivity index (χ0n) is 40.8. The largest absolute Gasteiger partial charge is 0.487 e. The first-order valence-electron chi connectivity index (χ1n) is 22.9. The van der Waals surface area contributed by atoms with Gasteiger partial charge < -0.3 is 4.74 Å². The molecule has 11 nitrogen and oxygen atoms in total. The molecule has 0 aliphatic rings. The standard InChI is InChI=1S/C32H18N6S5.C16H14O2S3.C8H5N3S.CH4/c1-17-12-20(14-19(16-33)22-6-4-8-24-29(22)37-42-35-24)39-31(17)27-10-11-28(41-27)32-18(2)13-21(40-32)15-26(34-3)23-7-5-9-25-30(23)38-43-36-25;1-9-6-11(8-17)19-15(9)12-4-5-13(20-12)16-10(2)7-14(18-3)21-16;9-5-4-6-2-1-3-7-8(6)11-12-10-7;/h4-15H,1-2H3;4-8H,1-3H3;1-3H,4H2;1H4/b19-14+,26-15-;;;. The van der Waals surface area contributed by atoms with Crippen molar-refractivity contribution in [1.29, 1.82) is 10.5 Å². The van der Waals surface area contributed by atoms with Crippen molar-refractivity contribution in [3.05, 3.63) is 168 Å². The molecule has 0 bridgehead atoms.